The van der Waals surface area contributed by atoms with Gasteiger partial charge in [-0.3, -0.25) is 9.59 Å². The van der Waals surface area contributed by atoms with Crippen LogP contribution in [0.15, 0.2) is 40.9 Å². The average molecular weight is 673 g/mol. The van der Waals surface area contributed by atoms with Crippen molar-refractivity contribution in [1.29, 1.82) is 0 Å². The number of amides is 2. The zero-order valence-electron chi connectivity index (χ0n) is 29.6. The molecular weight excluding hydrogens is 620 g/mol. The van der Waals surface area contributed by atoms with Gasteiger partial charge in [-0.15, -0.1) is 0 Å². The molecule has 2 amide bonds. The lowest BCUT2D eigenvalue weighted by atomic mass is 9.94. The minimum absolute atomic E-state index is 0.159. The first kappa shape index (κ1) is 35.1. The van der Waals surface area contributed by atoms with Gasteiger partial charge in [-0.1, -0.05) is 70.0 Å². The normalized spacial score (nSPS) is 17.7. The van der Waals surface area contributed by atoms with Gasteiger partial charge in [0.2, 0.25) is 17.7 Å². The van der Waals surface area contributed by atoms with E-state index in [1.165, 1.54) is 4.90 Å². The van der Waals surface area contributed by atoms with Gasteiger partial charge in [-0.05, 0) is 86.5 Å². The van der Waals surface area contributed by atoms with E-state index in [4.69, 9.17) is 23.5 Å². The molecule has 0 spiro atoms. The Bertz CT molecular complexity index is 1540. The van der Waals surface area contributed by atoms with Crippen LogP contribution in [0.2, 0.25) is 0 Å². The van der Waals surface area contributed by atoms with E-state index in [2.05, 4.69) is 38.9 Å². The number of hydrogen-bond donors (Lipinski definition) is 0. The van der Waals surface area contributed by atoms with Crippen molar-refractivity contribution in [2.75, 3.05) is 24.7 Å². The minimum atomic E-state index is -0.208. The number of imide groups is 1. The number of aromatic nitrogens is 1. The summed E-state index contributed by atoms with van der Waals surface area (Å²) in [6, 6.07) is 12.1. The number of unbranched alkanes of at least 4 members (excludes halogenated alkanes) is 2. The standard InChI is InChI=1S/C40H52N2O7/c1-5-7-20-45-33-24-34(46-21-8-6-2)32(23-31(33)26(3)4)37-36(28-14-12-27(13-15-28)25-48-35-11-9-10-22-47-35)40(49-41-37)42(38(43)29-16-17-29)39(44)30-18-19-30/h12-15,23-24,26,29-30,35H,5-11,16-22,25H2,1-4H3. The van der Waals surface area contributed by atoms with E-state index >= 15 is 0 Å². The maximum absolute atomic E-state index is 13.8. The number of anilines is 1. The SMILES string of the molecule is CCCCOc1cc(OCCCC)c(C(C)C)cc1-c1noc(N(C(=O)C2CC2)C(=O)C2CC2)c1-c1ccc(COC2CCCCO2)cc1. The molecule has 1 saturated heterocycles. The second kappa shape index (κ2) is 16.3. The van der Waals surface area contributed by atoms with Crippen molar-refractivity contribution in [3.05, 3.63) is 47.5 Å². The van der Waals surface area contributed by atoms with E-state index in [-0.39, 0.29) is 41.7 Å². The number of benzene rings is 2. The molecule has 3 aliphatic rings. The molecule has 1 aromatic heterocycles. The van der Waals surface area contributed by atoms with Crippen molar-refractivity contribution >= 4 is 17.7 Å². The first-order chi connectivity index (χ1) is 23.9. The van der Waals surface area contributed by atoms with Gasteiger partial charge in [0.1, 0.15) is 17.2 Å². The Hall–Kier alpha value is -3.69. The first-order valence-corrected chi connectivity index (χ1v) is 18.5. The molecule has 6 rings (SSSR count). The maximum atomic E-state index is 13.8. The quantitative estimate of drug-likeness (QED) is 0.103. The van der Waals surface area contributed by atoms with E-state index in [0.29, 0.717) is 36.8 Å². The summed E-state index contributed by atoms with van der Waals surface area (Å²) in [6.45, 7) is 10.9. The fourth-order valence-corrected chi connectivity index (χ4v) is 6.12. The molecule has 9 nitrogen and oxygen atoms in total. The molecule has 0 bridgehead atoms. The molecule has 2 saturated carbocycles. The van der Waals surface area contributed by atoms with Gasteiger partial charge in [-0.25, -0.2) is 4.90 Å². The van der Waals surface area contributed by atoms with Crippen LogP contribution in [0.25, 0.3) is 22.4 Å². The molecule has 0 N–H and O–H groups in total. The summed E-state index contributed by atoms with van der Waals surface area (Å²) in [4.78, 5) is 28.9. The van der Waals surface area contributed by atoms with Crippen LogP contribution in [0.3, 0.4) is 0 Å². The molecule has 0 radical (unpaired) electrons. The van der Waals surface area contributed by atoms with Gasteiger partial charge in [0.05, 0.1) is 25.4 Å². The van der Waals surface area contributed by atoms with Crippen molar-refractivity contribution in [2.45, 2.75) is 117 Å². The second-order valence-corrected chi connectivity index (χ2v) is 14.0. The van der Waals surface area contributed by atoms with Crippen LogP contribution in [0.1, 0.15) is 115 Å². The number of hydrogen-bond acceptors (Lipinski definition) is 8. The second-order valence-electron chi connectivity index (χ2n) is 14.0. The van der Waals surface area contributed by atoms with Gasteiger partial charge in [0, 0.05) is 30.1 Å². The van der Waals surface area contributed by atoms with Crippen LogP contribution in [-0.4, -0.2) is 43.1 Å². The fourth-order valence-electron chi connectivity index (χ4n) is 6.12. The van der Waals surface area contributed by atoms with Crippen LogP contribution in [0.5, 0.6) is 11.5 Å². The predicted octanol–water partition coefficient (Wildman–Crippen LogP) is 9.21. The van der Waals surface area contributed by atoms with Crippen molar-refractivity contribution in [1.82, 2.24) is 5.16 Å². The highest BCUT2D eigenvalue weighted by Gasteiger charge is 2.45. The summed E-state index contributed by atoms with van der Waals surface area (Å²) in [5.74, 6) is 1.00. The largest absolute Gasteiger partial charge is 0.493 e. The molecule has 49 heavy (non-hydrogen) atoms. The van der Waals surface area contributed by atoms with Crippen molar-refractivity contribution in [3.8, 4) is 33.9 Å². The van der Waals surface area contributed by atoms with Crippen LogP contribution >= 0.6 is 0 Å². The van der Waals surface area contributed by atoms with Gasteiger partial charge in [0.15, 0.2) is 6.29 Å². The molecular formula is C40H52N2O7. The van der Waals surface area contributed by atoms with Gasteiger partial charge < -0.3 is 23.5 Å². The molecule has 9 heteroatoms. The third-order valence-corrected chi connectivity index (χ3v) is 9.49. The summed E-state index contributed by atoms with van der Waals surface area (Å²) in [5, 5.41) is 4.64. The zero-order chi connectivity index (χ0) is 34.3. The lowest BCUT2D eigenvalue weighted by Gasteiger charge is -2.22. The topological polar surface area (TPSA) is 100 Å². The third kappa shape index (κ3) is 8.55. The highest BCUT2D eigenvalue weighted by Crippen LogP contribution is 2.48. The first-order valence-electron chi connectivity index (χ1n) is 18.5. The maximum Gasteiger partial charge on any atom is 0.249 e. The Morgan fingerprint density at radius 2 is 1.53 bits per heavy atom. The molecule has 264 valence electrons. The molecule has 2 aromatic carbocycles. The Morgan fingerprint density at radius 1 is 0.878 bits per heavy atom. The van der Waals surface area contributed by atoms with Crippen LogP contribution < -0.4 is 14.4 Å². The van der Waals surface area contributed by atoms with Gasteiger partial charge in [0.25, 0.3) is 0 Å². The zero-order valence-corrected chi connectivity index (χ0v) is 29.6. The Morgan fingerprint density at radius 3 is 2.10 bits per heavy atom. The molecule has 2 heterocycles. The minimum Gasteiger partial charge on any atom is -0.493 e. The Labute approximate surface area is 290 Å². The van der Waals surface area contributed by atoms with Crippen molar-refractivity contribution in [2.24, 2.45) is 11.8 Å². The molecule has 1 atom stereocenters. The number of carbonyl (C=O) groups excluding carboxylic acids is 2. The van der Waals surface area contributed by atoms with E-state index in [9.17, 15) is 9.59 Å². The summed E-state index contributed by atoms with van der Waals surface area (Å²) >= 11 is 0. The van der Waals surface area contributed by atoms with Crippen LogP contribution in [0.4, 0.5) is 5.88 Å². The Kier molecular flexibility index (Phi) is 11.7. The van der Waals surface area contributed by atoms with Crippen LogP contribution in [-0.2, 0) is 25.7 Å². The van der Waals surface area contributed by atoms with E-state index in [0.717, 1.165) is 105 Å². The van der Waals surface area contributed by atoms with Crippen LogP contribution in [0, 0.1) is 11.8 Å². The van der Waals surface area contributed by atoms with Crippen molar-refractivity contribution < 1.29 is 33.1 Å². The van der Waals surface area contributed by atoms with Crippen molar-refractivity contribution in [3.63, 3.8) is 0 Å². The highest BCUT2D eigenvalue weighted by atomic mass is 16.7. The van der Waals surface area contributed by atoms with Gasteiger partial charge >= 0.3 is 0 Å². The lowest BCUT2D eigenvalue weighted by molar-refractivity contribution is -0.168. The lowest BCUT2D eigenvalue weighted by Crippen LogP contribution is -2.39. The smallest absolute Gasteiger partial charge is 0.249 e. The average Bonchev–Trinajstić information content (AvgIpc) is 4.06. The summed E-state index contributed by atoms with van der Waals surface area (Å²) < 4.78 is 30.7. The third-order valence-electron chi connectivity index (χ3n) is 9.49. The predicted molar refractivity (Wildman–Crippen MR) is 189 cm³/mol. The molecule has 3 aromatic rings. The molecule has 3 fully saturated rings. The summed E-state index contributed by atoms with van der Waals surface area (Å²) in [5.41, 5.74) is 4.68. The fraction of sp³-hybridized carbons (Fsp3) is 0.575. The highest BCUT2D eigenvalue weighted by molar-refractivity contribution is 6.18. The molecule has 1 aliphatic heterocycles. The number of rotatable bonds is 17. The Balaban J connectivity index is 1.45. The monoisotopic (exact) mass is 672 g/mol. The summed E-state index contributed by atoms with van der Waals surface area (Å²) in [7, 11) is 0. The van der Waals surface area contributed by atoms with E-state index in [1.54, 1.807) is 0 Å². The van der Waals surface area contributed by atoms with E-state index < -0.39 is 0 Å². The molecule has 1 unspecified atom stereocenters. The molecule has 2 aliphatic carbocycles. The number of nitrogens with zero attached hydrogens (tertiary/aromatic N) is 2. The van der Waals surface area contributed by atoms with E-state index in [1.807, 2.05) is 30.3 Å². The number of ether oxygens (including phenoxy) is 4. The number of carbonyl (C=O) groups is 2. The summed E-state index contributed by atoms with van der Waals surface area (Å²) in [6.07, 6.45) is 9.85. The van der Waals surface area contributed by atoms with Gasteiger partial charge in [-0.2, -0.15) is 0 Å².